The van der Waals surface area contributed by atoms with Gasteiger partial charge in [0.1, 0.15) is 0 Å². The molecule has 0 aromatic rings. The molecule has 12 heavy (non-hydrogen) atoms. The maximum atomic E-state index is 2.37. The van der Waals surface area contributed by atoms with Crippen molar-refractivity contribution in [2.24, 2.45) is 5.92 Å². The molecular formula is C11H25N. The minimum absolute atomic E-state index is 0.942. The fourth-order valence-corrected chi connectivity index (χ4v) is 1.56. The van der Waals surface area contributed by atoms with E-state index >= 15 is 0 Å². The Hall–Kier alpha value is -0.0400. The maximum absolute atomic E-state index is 2.37. The smallest absolute Gasteiger partial charge is 0.00248 e. The second-order valence-corrected chi connectivity index (χ2v) is 4.19. The highest BCUT2D eigenvalue weighted by Gasteiger charge is 1.99. The molecular weight excluding hydrogens is 146 g/mol. The maximum Gasteiger partial charge on any atom is -0.00248 e. The summed E-state index contributed by atoms with van der Waals surface area (Å²) in [7, 11) is 4.30. The number of hydrogen-bond acceptors (Lipinski definition) is 1. The first-order valence-electron chi connectivity index (χ1n) is 5.31. The van der Waals surface area contributed by atoms with E-state index in [0.29, 0.717) is 0 Å². The molecule has 0 fully saturated rings. The molecule has 1 heteroatoms. The van der Waals surface area contributed by atoms with E-state index in [-0.39, 0.29) is 0 Å². The quantitative estimate of drug-likeness (QED) is 0.532. The molecule has 0 heterocycles. The summed E-state index contributed by atoms with van der Waals surface area (Å²) >= 11 is 0. The highest BCUT2D eigenvalue weighted by atomic mass is 15.0. The van der Waals surface area contributed by atoms with E-state index in [1.807, 2.05) is 0 Å². The molecule has 0 unspecified atom stereocenters. The van der Waals surface area contributed by atoms with Crippen molar-refractivity contribution in [2.45, 2.75) is 46.0 Å². The molecule has 0 radical (unpaired) electrons. The summed E-state index contributed by atoms with van der Waals surface area (Å²) in [6.45, 7) is 5.90. The second-order valence-electron chi connectivity index (χ2n) is 4.19. The number of nitrogens with zero attached hydrogens (tertiary/aromatic N) is 1. The Bertz CT molecular complexity index is 89.0. The summed E-state index contributed by atoms with van der Waals surface area (Å²) in [5, 5.41) is 0. The van der Waals surface area contributed by atoms with Gasteiger partial charge in [-0.2, -0.15) is 0 Å². The van der Waals surface area contributed by atoms with Gasteiger partial charge in [-0.05, 0) is 33.0 Å². The molecule has 0 saturated carbocycles. The van der Waals surface area contributed by atoms with Gasteiger partial charge in [-0.1, -0.05) is 39.5 Å². The highest BCUT2D eigenvalue weighted by Crippen LogP contribution is 2.13. The summed E-state index contributed by atoms with van der Waals surface area (Å²) in [5.74, 6) is 0.942. The first-order chi connectivity index (χ1) is 5.66. The average Bonchev–Trinajstić information content (AvgIpc) is 1.98. The van der Waals surface area contributed by atoms with Crippen LogP contribution in [0.3, 0.4) is 0 Å². The van der Waals surface area contributed by atoms with Gasteiger partial charge in [-0.15, -0.1) is 0 Å². The largest absolute Gasteiger partial charge is 0.309 e. The van der Waals surface area contributed by atoms with Crippen molar-refractivity contribution < 1.29 is 0 Å². The number of hydrogen-bond donors (Lipinski definition) is 0. The van der Waals surface area contributed by atoms with Crippen LogP contribution in [0.25, 0.3) is 0 Å². The van der Waals surface area contributed by atoms with Crippen LogP contribution in [0.15, 0.2) is 0 Å². The van der Waals surface area contributed by atoms with E-state index in [4.69, 9.17) is 0 Å². The lowest BCUT2D eigenvalue weighted by molar-refractivity contribution is 0.375. The fraction of sp³-hybridized carbons (Fsp3) is 1.00. The first-order valence-corrected chi connectivity index (χ1v) is 5.31. The average molecular weight is 171 g/mol. The topological polar surface area (TPSA) is 3.24 Å². The first kappa shape index (κ1) is 12.0. The van der Waals surface area contributed by atoms with E-state index in [0.717, 1.165) is 5.92 Å². The molecule has 1 atom stereocenters. The summed E-state index contributed by atoms with van der Waals surface area (Å²) in [5.41, 5.74) is 0. The van der Waals surface area contributed by atoms with Crippen LogP contribution in [0.2, 0.25) is 0 Å². The zero-order chi connectivity index (χ0) is 9.40. The van der Waals surface area contributed by atoms with Crippen molar-refractivity contribution in [3.63, 3.8) is 0 Å². The summed E-state index contributed by atoms with van der Waals surface area (Å²) < 4.78 is 0. The van der Waals surface area contributed by atoms with Gasteiger partial charge in [0.15, 0.2) is 0 Å². The monoisotopic (exact) mass is 171 g/mol. The molecule has 0 N–H and O–H groups in total. The van der Waals surface area contributed by atoms with Crippen LogP contribution in [-0.4, -0.2) is 25.5 Å². The predicted molar refractivity (Wildman–Crippen MR) is 56.5 cm³/mol. The van der Waals surface area contributed by atoms with Gasteiger partial charge in [0.05, 0.1) is 0 Å². The summed E-state index contributed by atoms with van der Waals surface area (Å²) in [6.07, 6.45) is 6.93. The Balaban J connectivity index is 3.08. The van der Waals surface area contributed by atoms with Crippen LogP contribution in [0, 0.1) is 5.92 Å². The fourth-order valence-electron chi connectivity index (χ4n) is 1.56. The SMILES string of the molecule is CCC[C@@H](C)CCCCN(C)C. The second kappa shape index (κ2) is 7.60. The lowest BCUT2D eigenvalue weighted by Crippen LogP contribution is -2.12. The van der Waals surface area contributed by atoms with Crippen molar-refractivity contribution in [1.29, 1.82) is 0 Å². The molecule has 0 aromatic carbocycles. The van der Waals surface area contributed by atoms with Gasteiger partial charge in [0.2, 0.25) is 0 Å². The molecule has 0 aromatic heterocycles. The lowest BCUT2D eigenvalue weighted by atomic mass is 9.99. The predicted octanol–water partition coefficient (Wildman–Crippen LogP) is 3.15. The minimum atomic E-state index is 0.942. The van der Waals surface area contributed by atoms with E-state index in [1.165, 1.54) is 38.6 Å². The molecule has 74 valence electrons. The minimum Gasteiger partial charge on any atom is -0.309 e. The molecule has 0 amide bonds. The Morgan fingerprint density at radius 3 is 2.25 bits per heavy atom. The third kappa shape index (κ3) is 8.06. The van der Waals surface area contributed by atoms with Gasteiger partial charge >= 0.3 is 0 Å². The van der Waals surface area contributed by atoms with Gasteiger partial charge in [-0.3, -0.25) is 0 Å². The van der Waals surface area contributed by atoms with Crippen LogP contribution >= 0.6 is 0 Å². The van der Waals surface area contributed by atoms with Crippen molar-refractivity contribution in [3.8, 4) is 0 Å². The van der Waals surface area contributed by atoms with Gasteiger partial charge in [0.25, 0.3) is 0 Å². The Morgan fingerprint density at radius 2 is 1.75 bits per heavy atom. The molecule has 0 spiro atoms. The van der Waals surface area contributed by atoms with Crippen molar-refractivity contribution in [1.82, 2.24) is 4.90 Å². The van der Waals surface area contributed by atoms with Crippen molar-refractivity contribution in [2.75, 3.05) is 20.6 Å². The molecule has 0 aliphatic rings. The van der Waals surface area contributed by atoms with E-state index in [1.54, 1.807) is 0 Å². The van der Waals surface area contributed by atoms with Crippen LogP contribution in [0.1, 0.15) is 46.0 Å². The third-order valence-corrected chi connectivity index (χ3v) is 2.33. The van der Waals surface area contributed by atoms with Gasteiger partial charge in [0, 0.05) is 0 Å². The van der Waals surface area contributed by atoms with Crippen LogP contribution in [-0.2, 0) is 0 Å². The summed E-state index contributed by atoms with van der Waals surface area (Å²) in [6, 6.07) is 0. The third-order valence-electron chi connectivity index (χ3n) is 2.33. The van der Waals surface area contributed by atoms with Crippen molar-refractivity contribution in [3.05, 3.63) is 0 Å². The van der Waals surface area contributed by atoms with Crippen LogP contribution in [0.4, 0.5) is 0 Å². The number of unbranched alkanes of at least 4 members (excludes halogenated alkanes) is 1. The summed E-state index contributed by atoms with van der Waals surface area (Å²) in [4.78, 5) is 2.27. The van der Waals surface area contributed by atoms with Crippen LogP contribution < -0.4 is 0 Å². The van der Waals surface area contributed by atoms with Gasteiger partial charge in [-0.25, -0.2) is 0 Å². The lowest BCUT2D eigenvalue weighted by Gasteiger charge is -2.11. The zero-order valence-electron chi connectivity index (χ0n) is 9.27. The standard InChI is InChI=1S/C11H25N/c1-5-8-11(2)9-6-7-10-12(3)4/h11H,5-10H2,1-4H3/t11-/m1/s1. The molecule has 1 nitrogen and oxygen atoms in total. The molecule has 0 aliphatic carbocycles. The molecule has 0 saturated heterocycles. The van der Waals surface area contributed by atoms with E-state index < -0.39 is 0 Å². The van der Waals surface area contributed by atoms with E-state index in [2.05, 4.69) is 32.8 Å². The Kier molecular flexibility index (Phi) is 7.58. The normalized spacial score (nSPS) is 13.8. The molecule has 0 bridgehead atoms. The zero-order valence-corrected chi connectivity index (χ0v) is 9.27. The number of rotatable bonds is 7. The highest BCUT2D eigenvalue weighted by molar-refractivity contribution is 4.53. The van der Waals surface area contributed by atoms with Gasteiger partial charge < -0.3 is 4.90 Å². The van der Waals surface area contributed by atoms with Crippen LogP contribution in [0.5, 0.6) is 0 Å². The molecule has 0 aliphatic heterocycles. The van der Waals surface area contributed by atoms with Crippen molar-refractivity contribution >= 4 is 0 Å². The Morgan fingerprint density at radius 1 is 1.08 bits per heavy atom. The Labute approximate surface area is 78.1 Å². The van der Waals surface area contributed by atoms with E-state index in [9.17, 15) is 0 Å². The molecule has 0 rings (SSSR count).